The zero-order valence-electron chi connectivity index (χ0n) is 9.17. The van der Waals surface area contributed by atoms with E-state index in [1.54, 1.807) is 0 Å². The van der Waals surface area contributed by atoms with Gasteiger partial charge in [0.15, 0.2) is 0 Å². The van der Waals surface area contributed by atoms with Crippen LogP contribution in [0.4, 0.5) is 8.78 Å². The number of rotatable bonds is 3. The summed E-state index contributed by atoms with van der Waals surface area (Å²) in [6, 6.07) is 3.13. The molecule has 17 heavy (non-hydrogen) atoms. The van der Waals surface area contributed by atoms with Crippen molar-refractivity contribution < 1.29 is 18.7 Å². The van der Waals surface area contributed by atoms with E-state index in [1.807, 2.05) is 0 Å². The average Bonchev–Trinajstić information content (AvgIpc) is 2.65. The number of carbonyl (C=O) groups is 1. The molecule has 1 aliphatic rings. The van der Waals surface area contributed by atoms with Crippen LogP contribution in [0.15, 0.2) is 18.2 Å². The van der Waals surface area contributed by atoms with Crippen LogP contribution in [0.25, 0.3) is 0 Å². The second kappa shape index (κ2) is 4.41. The Hall–Kier alpha value is -1.49. The molecule has 0 saturated carbocycles. The first-order valence-corrected chi connectivity index (χ1v) is 5.45. The van der Waals surface area contributed by atoms with Gasteiger partial charge in [0.2, 0.25) is 0 Å². The van der Waals surface area contributed by atoms with Gasteiger partial charge in [-0.3, -0.25) is 4.79 Å². The number of carboxylic acids is 1. The SMILES string of the molecule is O=C(O)C1(Cc2cc(F)cc(F)c2)CCCN1. The van der Waals surface area contributed by atoms with Crippen molar-refractivity contribution in [2.75, 3.05) is 6.54 Å². The molecule has 1 saturated heterocycles. The molecule has 1 fully saturated rings. The third kappa shape index (κ3) is 2.44. The molecule has 0 radical (unpaired) electrons. The molecule has 0 amide bonds. The van der Waals surface area contributed by atoms with E-state index in [-0.39, 0.29) is 6.42 Å². The summed E-state index contributed by atoms with van der Waals surface area (Å²) in [5.41, 5.74) is -0.723. The Kier molecular flexibility index (Phi) is 3.11. The van der Waals surface area contributed by atoms with Gasteiger partial charge in [-0.25, -0.2) is 8.78 Å². The maximum atomic E-state index is 13.0. The minimum absolute atomic E-state index is 0.0943. The van der Waals surface area contributed by atoms with Gasteiger partial charge < -0.3 is 10.4 Å². The molecule has 0 aromatic heterocycles. The van der Waals surface area contributed by atoms with E-state index in [1.165, 1.54) is 12.1 Å². The summed E-state index contributed by atoms with van der Waals surface area (Å²) in [5.74, 6) is -2.34. The Balaban J connectivity index is 2.26. The van der Waals surface area contributed by atoms with Gasteiger partial charge in [0.05, 0.1) is 0 Å². The molecule has 2 rings (SSSR count). The van der Waals surface area contributed by atoms with E-state index in [0.29, 0.717) is 18.5 Å². The summed E-state index contributed by atoms with van der Waals surface area (Å²) < 4.78 is 26.0. The lowest BCUT2D eigenvalue weighted by molar-refractivity contribution is -0.144. The molecule has 2 N–H and O–H groups in total. The highest BCUT2D eigenvalue weighted by Crippen LogP contribution is 2.25. The number of hydrogen-bond donors (Lipinski definition) is 2. The number of nitrogens with one attached hydrogen (secondary N) is 1. The van der Waals surface area contributed by atoms with Gasteiger partial charge in [-0.15, -0.1) is 0 Å². The Morgan fingerprint density at radius 2 is 2.00 bits per heavy atom. The zero-order valence-corrected chi connectivity index (χ0v) is 9.17. The summed E-state index contributed by atoms with van der Waals surface area (Å²) >= 11 is 0. The van der Waals surface area contributed by atoms with Gasteiger partial charge in [0.25, 0.3) is 0 Å². The Morgan fingerprint density at radius 1 is 1.35 bits per heavy atom. The number of hydrogen-bond acceptors (Lipinski definition) is 2. The van der Waals surface area contributed by atoms with Crippen LogP contribution in [-0.4, -0.2) is 23.2 Å². The maximum absolute atomic E-state index is 13.0. The predicted molar refractivity (Wildman–Crippen MR) is 57.7 cm³/mol. The van der Waals surface area contributed by atoms with E-state index in [2.05, 4.69) is 5.32 Å². The van der Waals surface area contributed by atoms with Crippen molar-refractivity contribution in [2.45, 2.75) is 24.8 Å². The molecular weight excluding hydrogens is 228 g/mol. The number of aliphatic carboxylic acids is 1. The van der Waals surface area contributed by atoms with Crippen molar-refractivity contribution in [1.29, 1.82) is 0 Å². The molecule has 1 atom stereocenters. The van der Waals surface area contributed by atoms with Gasteiger partial charge in [0.1, 0.15) is 17.2 Å². The molecule has 0 bridgehead atoms. The lowest BCUT2D eigenvalue weighted by Gasteiger charge is -2.24. The minimum atomic E-state index is -1.08. The topological polar surface area (TPSA) is 49.3 Å². The molecule has 1 aliphatic heterocycles. The quantitative estimate of drug-likeness (QED) is 0.847. The first kappa shape index (κ1) is 12.0. The second-order valence-electron chi connectivity index (χ2n) is 4.37. The standard InChI is InChI=1S/C12H13F2NO2/c13-9-4-8(5-10(14)6-9)7-12(11(16)17)2-1-3-15-12/h4-6,15H,1-3,7H2,(H,16,17). The smallest absolute Gasteiger partial charge is 0.324 e. The Morgan fingerprint density at radius 3 is 2.47 bits per heavy atom. The molecule has 92 valence electrons. The van der Waals surface area contributed by atoms with Crippen LogP contribution in [-0.2, 0) is 11.2 Å². The monoisotopic (exact) mass is 241 g/mol. The van der Waals surface area contributed by atoms with Crippen LogP contribution < -0.4 is 5.32 Å². The maximum Gasteiger partial charge on any atom is 0.324 e. The van der Waals surface area contributed by atoms with Crippen LogP contribution in [0, 0.1) is 11.6 Å². The molecule has 5 heteroatoms. The van der Waals surface area contributed by atoms with Gasteiger partial charge in [0, 0.05) is 12.5 Å². The summed E-state index contributed by atoms with van der Waals surface area (Å²) in [5, 5.41) is 12.1. The summed E-state index contributed by atoms with van der Waals surface area (Å²) in [7, 11) is 0. The van der Waals surface area contributed by atoms with Crippen molar-refractivity contribution in [3.05, 3.63) is 35.4 Å². The molecular formula is C12H13F2NO2. The average molecular weight is 241 g/mol. The van der Waals surface area contributed by atoms with Crippen LogP contribution in [0.3, 0.4) is 0 Å². The highest BCUT2D eigenvalue weighted by molar-refractivity contribution is 5.79. The van der Waals surface area contributed by atoms with E-state index < -0.39 is 23.1 Å². The molecule has 0 aliphatic carbocycles. The van der Waals surface area contributed by atoms with Crippen molar-refractivity contribution in [2.24, 2.45) is 0 Å². The highest BCUT2D eigenvalue weighted by atomic mass is 19.1. The molecule has 1 aromatic rings. The highest BCUT2D eigenvalue weighted by Gasteiger charge is 2.41. The normalized spacial score (nSPS) is 23.9. The van der Waals surface area contributed by atoms with Crippen molar-refractivity contribution in [3.63, 3.8) is 0 Å². The fraction of sp³-hybridized carbons (Fsp3) is 0.417. The van der Waals surface area contributed by atoms with Gasteiger partial charge in [-0.2, -0.15) is 0 Å². The lowest BCUT2D eigenvalue weighted by Crippen LogP contribution is -2.49. The largest absolute Gasteiger partial charge is 0.480 e. The summed E-state index contributed by atoms with van der Waals surface area (Å²) in [6.07, 6.45) is 1.32. The molecule has 1 heterocycles. The summed E-state index contributed by atoms with van der Waals surface area (Å²) in [4.78, 5) is 11.2. The fourth-order valence-corrected chi connectivity index (χ4v) is 2.28. The van der Waals surface area contributed by atoms with Gasteiger partial charge in [-0.05, 0) is 37.1 Å². The lowest BCUT2D eigenvalue weighted by atomic mass is 9.89. The van der Waals surface area contributed by atoms with Gasteiger partial charge >= 0.3 is 5.97 Å². The molecule has 0 spiro atoms. The van der Waals surface area contributed by atoms with E-state index >= 15 is 0 Å². The Bertz CT molecular complexity index is 422. The van der Waals surface area contributed by atoms with Gasteiger partial charge in [-0.1, -0.05) is 0 Å². The molecule has 1 aromatic carbocycles. The Labute approximate surface area is 97.5 Å². The van der Waals surface area contributed by atoms with E-state index in [4.69, 9.17) is 0 Å². The first-order chi connectivity index (χ1) is 8.02. The van der Waals surface area contributed by atoms with Crippen LogP contribution in [0.2, 0.25) is 0 Å². The fourth-order valence-electron chi connectivity index (χ4n) is 2.28. The van der Waals surface area contributed by atoms with Crippen LogP contribution >= 0.6 is 0 Å². The number of halogens is 2. The van der Waals surface area contributed by atoms with Crippen LogP contribution in [0.5, 0.6) is 0 Å². The number of carboxylic acid groups (broad SMARTS) is 1. The number of benzene rings is 1. The van der Waals surface area contributed by atoms with Crippen molar-refractivity contribution in [1.82, 2.24) is 5.32 Å². The third-order valence-corrected chi connectivity index (χ3v) is 3.08. The van der Waals surface area contributed by atoms with E-state index in [0.717, 1.165) is 12.5 Å². The molecule has 3 nitrogen and oxygen atoms in total. The third-order valence-electron chi connectivity index (χ3n) is 3.08. The minimum Gasteiger partial charge on any atom is -0.480 e. The second-order valence-corrected chi connectivity index (χ2v) is 4.37. The zero-order chi connectivity index (χ0) is 12.5. The molecule has 1 unspecified atom stereocenters. The van der Waals surface area contributed by atoms with E-state index in [9.17, 15) is 18.7 Å². The van der Waals surface area contributed by atoms with Crippen molar-refractivity contribution in [3.8, 4) is 0 Å². The first-order valence-electron chi connectivity index (χ1n) is 5.45. The summed E-state index contributed by atoms with van der Waals surface area (Å²) in [6.45, 7) is 0.615. The van der Waals surface area contributed by atoms with Crippen molar-refractivity contribution >= 4 is 5.97 Å². The van der Waals surface area contributed by atoms with Crippen LogP contribution in [0.1, 0.15) is 18.4 Å². The predicted octanol–water partition coefficient (Wildman–Crippen LogP) is 1.71.